The average molecular weight is 183 g/mol. The maximum absolute atomic E-state index is 8.96. The molecular weight excluding hydrogens is 170 g/mol. The van der Waals surface area contributed by atoms with Gasteiger partial charge in [0.25, 0.3) is 0 Å². The fraction of sp³-hybridized carbons (Fsp3) is 0.444. The number of rotatable bonds is 4. The SMILES string of the molecule is COCOc1ccc(C)nc1CO. The van der Waals surface area contributed by atoms with Crippen molar-refractivity contribution in [2.24, 2.45) is 0 Å². The quantitative estimate of drug-likeness (QED) is 0.703. The van der Waals surface area contributed by atoms with Crippen LogP contribution in [0.4, 0.5) is 0 Å². The lowest BCUT2D eigenvalue weighted by molar-refractivity contribution is 0.0490. The number of ether oxygens (including phenoxy) is 2. The lowest BCUT2D eigenvalue weighted by atomic mass is 10.3. The number of nitrogens with zero attached hydrogens (tertiary/aromatic N) is 1. The topological polar surface area (TPSA) is 51.6 Å². The first kappa shape index (κ1) is 9.95. The number of aliphatic hydroxyl groups is 1. The van der Waals surface area contributed by atoms with E-state index in [0.29, 0.717) is 11.4 Å². The van der Waals surface area contributed by atoms with E-state index in [1.165, 1.54) is 0 Å². The van der Waals surface area contributed by atoms with Gasteiger partial charge < -0.3 is 14.6 Å². The Balaban J connectivity index is 2.79. The van der Waals surface area contributed by atoms with Crippen molar-refractivity contribution in [3.8, 4) is 5.75 Å². The number of aryl methyl sites for hydroxylation is 1. The van der Waals surface area contributed by atoms with Crippen LogP contribution in [0.3, 0.4) is 0 Å². The Hall–Kier alpha value is -1.13. The van der Waals surface area contributed by atoms with Crippen molar-refractivity contribution in [3.63, 3.8) is 0 Å². The molecule has 4 heteroatoms. The molecule has 0 bridgehead atoms. The monoisotopic (exact) mass is 183 g/mol. The summed E-state index contributed by atoms with van der Waals surface area (Å²) in [5.41, 5.74) is 1.39. The molecule has 0 aromatic carbocycles. The van der Waals surface area contributed by atoms with Gasteiger partial charge in [0.1, 0.15) is 11.4 Å². The van der Waals surface area contributed by atoms with Crippen LogP contribution in [0.15, 0.2) is 12.1 Å². The number of aromatic nitrogens is 1. The van der Waals surface area contributed by atoms with Crippen molar-refractivity contribution in [2.45, 2.75) is 13.5 Å². The van der Waals surface area contributed by atoms with Crippen LogP contribution < -0.4 is 4.74 Å². The van der Waals surface area contributed by atoms with E-state index < -0.39 is 0 Å². The van der Waals surface area contributed by atoms with E-state index in [-0.39, 0.29) is 13.4 Å². The Labute approximate surface area is 77.1 Å². The number of hydrogen-bond acceptors (Lipinski definition) is 4. The molecule has 0 spiro atoms. The van der Waals surface area contributed by atoms with Gasteiger partial charge in [-0.1, -0.05) is 0 Å². The van der Waals surface area contributed by atoms with E-state index in [1.807, 2.05) is 13.0 Å². The van der Waals surface area contributed by atoms with Crippen LogP contribution in [0.5, 0.6) is 5.75 Å². The van der Waals surface area contributed by atoms with Crippen molar-refractivity contribution in [3.05, 3.63) is 23.5 Å². The minimum Gasteiger partial charge on any atom is -0.466 e. The highest BCUT2D eigenvalue weighted by molar-refractivity contribution is 5.28. The Morgan fingerprint density at radius 2 is 2.23 bits per heavy atom. The number of aliphatic hydroxyl groups excluding tert-OH is 1. The maximum atomic E-state index is 8.96. The molecule has 0 fully saturated rings. The first-order valence-electron chi connectivity index (χ1n) is 3.97. The molecule has 0 saturated carbocycles. The second kappa shape index (κ2) is 4.79. The number of pyridine rings is 1. The third-order valence-corrected chi connectivity index (χ3v) is 1.55. The van der Waals surface area contributed by atoms with Crippen LogP contribution in [0, 0.1) is 6.92 Å². The van der Waals surface area contributed by atoms with Crippen molar-refractivity contribution < 1.29 is 14.6 Å². The van der Waals surface area contributed by atoms with Gasteiger partial charge in [0.05, 0.1) is 6.61 Å². The van der Waals surface area contributed by atoms with Crippen LogP contribution in [0.1, 0.15) is 11.4 Å². The molecule has 0 aliphatic rings. The van der Waals surface area contributed by atoms with Crippen LogP contribution in [-0.2, 0) is 11.3 Å². The third kappa shape index (κ3) is 2.68. The van der Waals surface area contributed by atoms with Gasteiger partial charge in [-0.3, -0.25) is 4.98 Å². The summed E-state index contributed by atoms with van der Waals surface area (Å²) in [6.07, 6.45) is 0. The molecule has 1 heterocycles. The normalized spacial score (nSPS) is 10.1. The van der Waals surface area contributed by atoms with E-state index in [0.717, 1.165) is 5.69 Å². The van der Waals surface area contributed by atoms with Gasteiger partial charge >= 0.3 is 0 Å². The second-order valence-electron chi connectivity index (χ2n) is 2.61. The molecule has 1 rings (SSSR count). The molecule has 4 nitrogen and oxygen atoms in total. The first-order chi connectivity index (χ1) is 6.27. The summed E-state index contributed by atoms with van der Waals surface area (Å²) in [6.45, 7) is 1.90. The number of hydrogen-bond donors (Lipinski definition) is 1. The molecule has 72 valence electrons. The predicted molar refractivity (Wildman–Crippen MR) is 47.4 cm³/mol. The van der Waals surface area contributed by atoms with Gasteiger partial charge in [0.2, 0.25) is 0 Å². The van der Waals surface area contributed by atoms with Gasteiger partial charge in [-0.2, -0.15) is 0 Å². The van der Waals surface area contributed by atoms with Crippen LogP contribution in [0.2, 0.25) is 0 Å². The molecule has 0 aliphatic carbocycles. The highest BCUT2D eigenvalue weighted by Crippen LogP contribution is 2.16. The molecule has 1 aromatic heterocycles. The molecule has 1 N–H and O–H groups in total. The van der Waals surface area contributed by atoms with E-state index >= 15 is 0 Å². The van der Waals surface area contributed by atoms with E-state index in [9.17, 15) is 0 Å². The van der Waals surface area contributed by atoms with E-state index in [2.05, 4.69) is 4.98 Å². The summed E-state index contributed by atoms with van der Waals surface area (Å²) in [6, 6.07) is 3.59. The van der Waals surface area contributed by atoms with Crippen molar-refractivity contribution in [2.75, 3.05) is 13.9 Å². The molecule has 0 unspecified atom stereocenters. The fourth-order valence-electron chi connectivity index (χ4n) is 0.965. The zero-order valence-electron chi connectivity index (χ0n) is 7.78. The minimum absolute atomic E-state index is 0.124. The van der Waals surface area contributed by atoms with Crippen molar-refractivity contribution in [1.29, 1.82) is 0 Å². The predicted octanol–water partition coefficient (Wildman–Crippen LogP) is 0.865. The van der Waals surface area contributed by atoms with Gasteiger partial charge in [0, 0.05) is 12.8 Å². The van der Waals surface area contributed by atoms with Gasteiger partial charge in [0.15, 0.2) is 6.79 Å². The summed E-state index contributed by atoms with van der Waals surface area (Å²) < 4.78 is 9.93. The third-order valence-electron chi connectivity index (χ3n) is 1.55. The molecule has 0 aliphatic heterocycles. The second-order valence-corrected chi connectivity index (χ2v) is 2.61. The zero-order valence-corrected chi connectivity index (χ0v) is 7.78. The van der Waals surface area contributed by atoms with E-state index in [1.54, 1.807) is 13.2 Å². The average Bonchev–Trinajstić information content (AvgIpc) is 2.16. The lowest BCUT2D eigenvalue weighted by Gasteiger charge is -2.08. The molecule has 1 aromatic rings. The van der Waals surface area contributed by atoms with Crippen molar-refractivity contribution in [1.82, 2.24) is 4.98 Å². The Bertz CT molecular complexity index is 276. The standard InChI is InChI=1S/C9H13NO3/c1-7-3-4-9(13-6-12-2)8(5-11)10-7/h3-4,11H,5-6H2,1-2H3. The van der Waals surface area contributed by atoms with Crippen molar-refractivity contribution >= 4 is 0 Å². The molecular formula is C9H13NO3. The highest BCUT2D eigenvalue weighted by atomic mass is 16.7. The maximum Gasteiger partial charge on any atom is 0.188 e. The summed E-state index contributed by atoms with van der Waals surface area (Å²) in [7, 11) is 1.54. The van der Waals surface area contributed by atoms with Gasteiger partial charge in [-0.25, -0.2) is 0 Å². The summed E-state index contributed by atoms with van der Waals surface area (Å²) in [5, 5.41) is 8.96. The minimum atomic E-state index is -0.124. The van der Waals surface area contributed by atoms with Crippen LogP contribution in [0.25, 0.3) is 0 Å². The molecule has 0 amide bonds. The zero-order chi connectivity index (χ0) is 9.68. The number of methoxy groups -OCH3 is 1. The lowest BCUT2D eigenvalue weighted by Crippen LogP contribution is -2.03. The smallest absolute Gasteiger partial charge is 0.188 e. The summed E-state index contributed by atoms with van der Waals surface area (Å²) in [5.74, 6) is 0.565. The van der Waals surface area contributed by atoms with E-state index in [4.69, 9.17) is 14.6 Å². The first-order valence-corrected chi connectivity index (χ1v) is 3.97. The largest absolute Gasteiger partial charge is 0.466 e. The fourth-order valence-corrected chi connectivity index (χ4v) is 0.965. The van der Waals surface area contributed by atoms with Crippen LogP contribution in [-0.4, -0.2) is 24.0 Å². The Kier molecular flexibility index (Phi) is 3.67. The Morgan fingerprint density at radius 1 is 1.46 bits per heavy atom. The van der Waals surface area contributed by atoms with Crippen LogP contribution >= 0.6 is 0 Å². The van der Waals surface area contributed by atoms with Gasteiger partial charge in [-0.15, -0.1) is 0 Å². The summed E-state index contributed by atoms with van der Waals surface area (Å²) >= 11 is 0. The highest BCUT2D eigenvalue weighted by Gasteiger charge is 2.03. The molecule has 0 saturated heterocycles. The van der Waals surface area contributed by atoms with Gasteiger partial charge in [-0.05, 0) is 19.1 Å². The molecule has 0 radical (unpaired) electrons. The molecule has 0 atom stereocenters. The summed E-state index contributed by atoms with van der Waals surface area (Å²) in [4.78, 5) is 4.11. The Morgan fingerprint density at radius 3 is 2.85 bits per heavy atom. The molecule has 13 heavy (non-hydrogen) atoms.